The van der Waals surface area contributed by atoms with Gasteiger partial charge < -0.3 is 49.6 Å². The van der Waals surface area contributed by atoms with Crippen LogP contribution in [0.1, 0.15) is 57.1 Å². The van der Waals surface area contributed by atoms with Crippen molar-refractivity contribution in [1.29, 1.82) is 0 Å². The van der Waals surface area contributed by atoms with Gasteiger partial charge in [0.05, 0.1) is 14.2 Å². The molecular weight excluding hydrogens is 655 g/mol. The molecule has 2 amide bonds. The quantitative estimate of drug-likeness (QED) is 0.145. The minimum atomic E-state index is -5.08. The van der Waals surface area contributed by atoms with Crippen LogP contribution in [0.25, 0.3) is 0 Å². The molecule has 0 aromatic heterocycles. The maximum absolute atomic E-state index is 12.1. The first-order valence-corrected chi connectivity index (χ1v) is 15.4. The predicted octanol–water partition coefficient (Wildman–Crippen LogP) is 5.02. The van der Waals surface area contributed by atoms with E-state index in [9.17, 15) is 32.3 Å². The molecule has 0 atom stereocenters. The van der Waals surface area contributed by atoms with Gasteiger partial charge in [0, 0.05) is 25.9 Å². The summed E-state index contributed by atoms with van der Waals surface area (Å²) in [5.74, 6) is -1.02. The Bertz CT molecular complexity index is 1290. The van der Waals surface area contributed by atoms with Gasteiger partial charge >= 0.3 is 24.3 Å². The van der Waals surface area contributed by atoms with E-state index in [4.69, 9.17) is 28.8 Å². The summed E-state index contributed by atoms with van der Waals surface area (Å²) in [6.07, 6.45) is -1.77. The van der Waals surface area contributed by atoms with Gasteiger partial charge in [-0.15, -0.1) is 0 Å². The molecule has 2 aromatic rings. The fraction of sp³-hybridized carbons (Fsp3) is 0.485. The second-order valence-electron chi connectivity index (χ2n) is 10.6. The molecule has 272 valence electrons. The molecule has 4 N–H and O–H groups in total. The van der Waals surface area contributed by atoms with Gasteiger partial charge in [0.2, 0.25) is 0 Å². The van der Waals surface area contributed by atoms with Crippen molar-refractivity contribution in [3.63, 3.8) is 0 Å². The first-order valence-electron chi connectivity index (χ1n) is 15.4. The predicted molar refractivity (Wildman–Crippen MR) is 172 cm³/mol. The van der Waals surface area contributed by atoms with Gasteiger partial charge in [-0.2, -0.15) is 13.2 Å². The summed E-state index contributed by atoms with van der Waals surface area (Å²) in [4.78, 5) is 55.6. The number of rotatable bonds is 19. The van der Waals surface area contributed by atoms with Crippen LogP contribution < -0.4 is 34.9 Å². The Kier molecular flexibility index (Phi) is 19.5. The van der Waals surface area contributed by atoms with Crippen LogP contribution in [-0.4, -0.2) is 81.4 Å². The monoisotopic (exact) mass is 699 g/mol. The first-order chi connectivity index (χ1) is 23.2. The summed E-state index contributed by atoms with van der Waals surface area (Å²) < 4.78 is 53.1. The van der Waals surface area contributed by atoms with Gasteiger partial charge in [0.25, 0.3) is 0 Å². The number of amides is 2. The molecule has 2 rings (SSSR count). The molecule has 13 nitrogen and oxygen atoms in total. The normalized spacial score (nSPS) is 10.6. The molecule has 0 bridgehead atoms. The third-order valence-corrected chi connectivity index (χ3v) is 6.48. The van der Waals surface area contributed by atoms with Crippen molar-refractivity contribution in [2.75, 3.05) is 40.4 Å². The van der Waals surface area contributed by atoms with E-state index in [-0.39, 0.29) is 11.6 Å². The van der Waals surface area contributed by atoms with E-state index >= 15 is 0 Å². The highest BCUT2D eigenvalue weighted by atomic mass is 19.4. The molecule has 0 heterocycles. The highest BCUT2D eigenvalue weighted by molar-refractivity contribution is 5.76. The number of carboxylic acid groups (broad SMARTS) is 1. The molecular formula is C33H44F3N3O10. The average molecular weight is 700 g/mol. The van der Waals surface area contributed by atoms with Crippen LogP contribution in [0.5, 0.6) is 23.0 Å². The number of hydrogen-bond donors (Lipinski definition) is 4. The third kappa shape index (κ3) is 18.9. The number of benzene rings is 2. The number of Topliss-reactive ketones (excluding diaryl/α,β-unsaturated/α-hetero) is 2. The van der Waals surface area contributed by atoms with Crippen LogP contribution in [0.2, 0.25) is 0 Å². The van der Waals surface area contributed by atoms with E-state index in [0.717, 1.165) is 36.9 Å². The Labute approximate surface area is 282 Å². The second-order valence-corrected chi connectivity index (χ2v) is 10.6. The van der Waals surface area contributed by atoms with Crippen molar-refractivity contribution in [2.24, 2.45) is 0 Å². The zero-order valence-corrected chi connectivity index (χ0v) is 28.0. The maximum atomic E-state index is 12.1. The number of nitrogens with one attached hydrogen (secondary N) is 3. The number of unbranched alkanes of at least 4 members (excludes halogenated alkanes) is 1. The van der Waals surface area contributed by atoms with E-state index in [1.54, 1.807) is 38.1 Å². The minimum Gasteiger partial charge on any atom is -0.493 e. The van der Waals surface area contributed by atoms with E-state index < -0.39 is 24.3 Å². The summed E-state index contributed by atoms with van der Waals surface area (Å²) in [7, 11) is 3.00. The Balaban J connectivity index is 0.00000154. The number of carbonyl (C=O) groups excluding carboxylic acids is 4. The summed E-state index contributed by atoms with van der Waals surface area (Å²) in [5, 5.41) is 15.9. The highest BCUT2D eigenvalue weighted by Crippen LogP contribution is 2.29. The van der Waals surface area contributed by atoms with E-state index in [2.05, 4.69) is 16.0 Å². The lowest BCUT2D eigenvalue weighted by atomic mass is 10.1. The van der Waals surface area contributed by atoms with E-state index in [1.807, 2.05) is 12.1 Å². The summed E-state index contributed by atoms with van der Waals surface area (Å²) in [6, 6.07) is 10.5. The third-order valence-electron chi connectivity index (χ3n) is 6.48. The topological polar surface area (TPSA) is 179 Å². The van der Waals surface area contributed by atoms with Gasteiger partial charge in [0.15, 0.2) is 23.0 Å². The largest absolute Gasteiger partial charge is 0.493 e. The summed E-state index contributed by atoms with van der Waals surface area (Å²) in [5.41, 5.74) is 1.87. The molecule has 0 unspecified atom stereocenters. The highest BCUT2D eigenvalue weighted by Gasteiger charge is 2.38. The Morgan fingerprint density at radius 2 is 1.04 bits per heavy atom. The fourth-order valence-corrected chi connectivity index (χ4v) is 3.91. The lowest BCUT2D eigenvalue weighted by Gasteiger charge is -2.12. The van der Waals surface area contributed by atoms with Crippen LogP contribution in [0, 0.1) is 0 Å². The number of halogens is 3. The molecule has 16 heteroatoms. The molecule has 0 radical (unpaired) electrons. The average Bonchev–Trinajstić information content (AvgIpc) is 3.04. The van der Waals surface area contributed by atoms with Crippen molar-refractivity contribution in [1.82, 2.24) is 16.0 Å². The van der Waals surface area contributed by atoms with Gasteiger partial charge in [0.1, 0.15) is 11.6 Å². The Morgan fingerprint density at radius 1 is 0.653 bits per heavy atom. The Hall–Kier alpha value is -4.86. The zero-order valence-electron chi connectivity index (χ0n) is 28.0. The van der Waals surface area contributed by atoms with Crippen LogP contribution in [-0.2, 0) is 27.2 Å². The number of carboxylic acids is 1. The standard InChI is InChI=1S/C31H43N3O8.C2HF3O2/c1-22(35)8-10-24-12-14-26(28(20-24)39-3)41-30(37)33-18-6-5-16-32-17-7-19-34-31(38)42-27-15-13-25(11-9-23(2)36)21-29(27)40-4;3-2(4,5)1(6)7/h12-15,20-21,32H,5-11,16-19H2,1-4H3,(H,33,37)(H,34,38);(H,6,7). The molecule has 0 fully saturated rings. The van der Waals surface area contributed by atoms with Gasteiger partial charge in [-0.1, -0.05) is 12.1 Å². The number of methoxy groups -OCH3 is 2. The Morgan fingerprint density at radius 3 is 1.43 bits per heavy atom. The maximum Gasteiger partial charge on any atom is 0.490 e. The summed E-state index contributed by atoms with van der Waals surface area (Å²) in [6.45, 7) is 5.49. The summed E-state index contributed by atoms with van der Waals surface area (Å²) >= 11 is 0. The second kappa shape index (κ2) is 22.7. The number of ether oxygens (including phenoxy) is 4. The zero-order chi connectivity index (χ0) is 36.8. The van der Waals surface area contributed by atoms with Crippen LogP contribution in [0.15, 0.2) is 36.4 Å². The van der Waals surface area contributed by atoms with E-state index in [1.165, 1.54) is 14.2 Å². The molecule has 0 saturated heterocycles. The first kappa shape index (κ1) is 42.2. The van der Waals surface area contributed by atoms with Gasteiger partial charge in [-0.3, -0.25) is 0 Å². The smallest absolute Gasteiger partial charge is 0.490 e. The number of carbonyl (C=O) groups is 5. The number of aliphatic carboxylic acids is 1. The molecule has 0 aliphatic heterocycles. The number of hydrogen-bond acceptors (Lipinski definition) is 10. The van der Waals surface area contributed by atoms with Crippen molar-refractivity contribution in [3.8, 4) is 23.0 Å². The van der Waals surface area contributed by atoms with Gasteiger partial charge in [-0.25, -0.2) is 14.4 Å². The van der Waals surface area contributed by atoms with Crippen LogP contribution >= 0.6 is 0 Å². The molecule has 0 aliphatic rings. The number of ketones is 2. The SMILES string of the molecule is COc1cc(CCC(C)=O)ccc1OC(=O)NCCCCNCCCNC(=O)Oc1ccc(CCC(C)=O)cc1OC.O=C(O)C(F)(F)F. The van der Waals surface area contributed by atoms with E-state index in [0.29, 0.717) is 68.3 Å². The lowest BCUT2D eigenvalue weighted by molar-refractivity contribution is -0.192. The minimum absolute atomic E-state index is 0.113. The van der Waals surface area contributed by atoms with Crippen molar-refractivity contribution in [3.05, 3.63) is 47.5 Å². The number of alkyl halides is 3. The molecule has 0 saturated carbocycles. The molecule has 0 spiro atoms. The molecule has 2 aromatic carbocycles. The fourth-order valence-electron chi connectivity index (χ4n) is 3.91. The van der Waals surface area contributed by atoms with Crippen LogP contribution in [0.3, 0.4) is 0 Å². The van der Waals surface area contributed by atoms with Crippen molar-refractivity contribution >= 4 is 29.7 Å². The lowest BCUT2D eigenvalue weighted by Crippen LogP contribution is -2.30. The van der Waals surface area contributed by atoms with Crippen molar-refractivity contribution < 1.29 is 61.2 Å². The molecule has 0 aliphatic carbocycles. The van der Waals surface area contributed by atoms with Crippen LogP contribution in [0.4, 0.5) is 22.8 Å². The molecule has 49 heavy (non-hydrogen) atoms. The van der Waals surface area contributed by atoms with Gasteiger partial charge in [-0.05, 0) is 94.4 Å². The number of aryl methyl sites for hydroxylation is 2. The van der Waals surface area contributed by atoms with Crippen molar-refractivity contribution in [2.45, 2.75) is 65.0 Å².